The average Bonchev–Trinajstić information content (AvgIpc) is 2.63. The van der Waals surface area contributed by atoms with Crippen molar-refractivity contribution in [3.05, 3.63) is 64.2 Å². The summed E-state index contributed by atoms with van der Waals surface area (Å²) in [6.07, 6.45) is 3.01. The molecule has 0 unspecified atom stereocenters. The molecule has 0 aromatic heterocycles. The minimum Gasteiger partial charge on any atom is -0.496 e. The van der Waals surface area contributed by atoms with Gasteiger partial charge in [-0.3, -0.25) is 9.59 Å². The number of hydrogen-bond acceptors (Lipinski definition) is 3. The van der Waals surface area contributed by atoms with Crippen LogP contribution in [0.25, 0.3) is 6.08 Å². The Kier molecular flexibility index (Phi) is 7.02. The number of halogens is 1. The zero-order chi connectivity index (χ0) is 20.0. The molecule has 2 amide bonds. The molecule has 0 saturated heterocycles. The van der Waals surface area contributed by atoms with E-state index in [0.717, 1.165) is 16.8 Å². The number of likely N-dealkylation sites (N-methyl/N-ethyl adjacent to an activating group) is 1. The number of benzene rings is 2. The Morgan fingerprint density at radius 3 is 2.48 bits per heavy atom. The number of methoxy groups -OCH3 is 1. The zero-order valence-electron chi connectivity index (χ0n) is 15.9. The number of para-hydroxylation sites is 1. The van der Waals surface area contributed by atoms with E-state index < -0.39 is 0 Å². The van der Waals surface area contributed by atoms with Gasteiger partial charge in [0, 0.05) is 29.4 Å². The molecule has 0 saturated carbocycles. The highest BCUT2D eigenvalue weighted by molar-refractivity contribution is 6.30. The highest BCUT2D eigenvalue weighted by Crippen LogP contribution is 2.24. The fraction of sp³-hybridized carbons (Fsp3) is 0.238. The minimum atomic E-state index is -0.298. The van der Waals surface area contributed by atoms with E-state index in [1.54, 1.807) is 38.4 Å². The summed E-state index contributed by atoms with van der Waals surface area (Å²) in [7, 11) is 3.12. The third-order valence-electron chi connectivity index (χ3n) is 4.10. The molecule has 27 heavy (non-hydrogen) atoms. The fourth-order valence-corrected chi connectivity index (χ4v) is 2.79. The van der Waals surface area contributed by atoms with Gasteiger partial charge < -0.3 is 15.0 Å². The van der Waals surface area contributed by atoms with Gasteiger partial charge >= 0.3 is 0 Å². The van der Waals surface area contributed by atoms with E-state index in [1.807, 2.05) is 32.0 Å². The minimum absolute atomic E-state index is 0.0520. The smallest absolute Gasteiger partial charge is 0.246 e. The molecular weight excluding hydrogens is 364 g/mol. The summed E-state index contributed by atoms with van der Waals surface area (Å²) in [4.78, 5) is 25.9. The van der Waals surface area contributed by atoms with E-state index >= 15 is 0 Å². The van der Waals surface area contributed by atoms with Crippen molar-refractivity contribution in [1.29, 1.82) is 0 Å². The van der Waals surface area contributed by atoms with E-state index in [2.05, 4.69) is 5.32 Å². The largest absolute Gasteiger partial charge is 0.496 e. The van der Waals surface area contributed by atoms with Crippen molar-refractivity contribution in [2.75, 3.05) is 26.0 Å². The summed E-state index contributed by atoms with van der Waals surface area (Å²) in [6.45, 7) is 3.81. The highest BCUT2D eigenvalue weighted by atomic mass is 35.5. The third-order valence-corrected chi connectivity index (χ3v) is 4.33. The second-order valence-corrected chi connectivity index (χ2v) is 6.67. The van der Waals surface area contributed by atoms with Crippen molar-refractivity contribution in [1.82, 2.24) is 4.90 Å². The Morgan fingerprint density at radius 1 is 1.19 bits per heavy atom. The molecule has 0 radical (unpaired) electrons. The maximum atomic E-state index is 12.3. The molecular formula is C21H23ClN2O3. The summed E-state index contributed by atoms with van der Waals surface area (Å²) >= 11 is 5.99. The first-order valence-electron chi connectivity index (χ1n) is 8.44. The van der Waals surface area contributed by atoms with Crippen molar-refractivity contribution in [3.8, 4) is 5.75 Å². The van der Waals surface area contributed by atoms with Gasteiger partial charge in [0.25, 0.3) is 0 Å². The van der Waals surface area contributed by atoms with Gasteiger partial charge in [0.1, 0.15) is 5.75 Å². The molecule has 2 aromatic carbocycles. The van der Waals surface area contributed by atoms with Gasteiger partial charge in [0.2, 0.25) is 11.8 Å². The lowest BCUT2D eigenvalue weighted by molar-refractivity contribution is -0.129. The second kappa shape index (κ2) is 9.24. The molecule has 6 heteroatoms. The molecule has 0 aliphatic rings. The zero-order valence-corrected chi connectivity index (χ0v) is 16.6. The fourth-order valence-electron chi connectivity index (χ4n) is 2.61. The Hall–Kier alpha value is -2.79. The molecule has 0 aliphatic carbocycles. The molecule has 2 aromatic rings. The van der Waals surface area contributed by atoms with Crippen LogP contribution in [0, 0.1) is 13.8 Å². The van der Waals surface area contributed by atoms with Gasteiger partial charge in [-0.15, -0.1) is 0 Å². The third kappa shape index (κ3) is 5.59. The molecule has 0 aliphatic heterocycles. The van der Waals surface area contributed by atoms with Crippen molar-refractivity contribution >= 4 is 35.2 Å². The van der Waals surface area contributed by atoms with Crippen LogP contribution in [0.1, 0.15) is 16.7 Å². The van der Waals surface area contributed by atoms with Crippen LogP contribution in [0.3, 0.4) is 0 Å². The SMILES string of the molecule is COc1ccc(Cl)cc1C=CC(=O)N(C)CC(=O)Nc1c(C)cccc1C. The number of anilines is 1. The number of ether oxygens (including phenoxy) is 1. The molecule has 0 heterocycles. The van der Waals surface area contributed by atoms with Gasteiger partial charge in [-0.05, 0) is 49.2 Å². The van der Waals surface area contributed by atoms with E-state index in [9.17, 15) is 9.59 Å². The summed E-state index contributed by atoms with van der Waals surface area (Å²) in [5, 5.41) is 3.41. The van der Waals surface area contributed by atoms with Crippen molar-refractivity contribution in [3.63, 3.8) is 0 Å². The monoisotopic (exact) mass is 386 g/mol. The van der Waals surface area contributed by atoms with E-state index in [1.165, 1.54) is 11.0 Å². The molecule has 0 atom stereocenters. The first kappa shape index (κ1) is 20.5. The maximum Gasteiger partial charge on any atom is 0.246 e. The van der Waals surface area contributed by atoms with Gasteiger partial charge in [-0.2, -0.15) is 0 Å². The van der Waals surface area contributed by atoms with Gasteiger partial charge in [0.15, 0.2) is 0 Å². The molecule has 0 spiro atoms. The molecule has 2 rings (SSSR count). The second-order valence-electron chi connectivity index (χ2n) is 6.23. The lowest BCUT2D eigenvalue weighted by Gasteiger charge is -2.17. The van der Waals surface area contributed by atoms with E-state index in [4.69, 9.17) is 16.3 Å². The molecule has 0 fully saturated rings. The van der Waals surface area contributed by atoms with E-state index in [-0.39, 0.29) is 18.4 Å². The van der Waals surface area contributed by atoms with Crippen molar-refractivity contribution < 1.29 is 14.3 Å². The van der Waals surface area contributed by atoms with Crippen molar-refractivity contribution in [2.24, 2.45) is 0 Å². The standard InChI is InChI=1S/C21H23ClN2O3/c1-14-6-5-7-15(2)21(14)23-19(25)13-24(3)20(26)11-8-16-12-17(22)9-10-18(16)27-4/h5-12H,13H2,1-4H3,(H,23,25). The van der Waals surface area contributed by atoms with Crippen LogP contribution < -0.4 is 10.1 Å². The van der Waals surface area contributed by atoms with Crippen LogP contribution >= 0.6 is 11.6 Å². The summed E-state index contributed by atoms with van der Waals surface area (Å²) in [5.41, 5.74) is 3.42. The van der Waals surface area contributed by atoms with Crippen LogP contribution in [-0.4, -0.2) is 37.4 Å². The lowest BCUT2D eigenvalue weighted by Crippen LogP contribution is -2.34. The number of aryl methyl sites for hydroxylation is 2. The quantitative estimate of drug-likeness (QED) is 0.761. The first-order valence-corrected chi connectivity index (χ1v) is 8.82. The Balaban J connectivity index is 2.01. The number of rotatable bonds is 6. The predicted octanol–water partition coefficient (Wildman–Crippen LogP) is 4.08. The molecule has 5 nitrogen and oxygen atoms in total. The summed E-state index contributed by atoms with van der Waals surface area (Å²) in [5.74, 6) is 0.0598. The Morgan fingerprint density at radius 2 is 1.85 bits per heavy atom. The predicted molar refractivity (Wildman–Crippen MR) is 109 cm³/mol. The Bertz CT molecular complexity index is 857. The average molecular weight is 387 g/mol. The van der Waals surface area contributed by atoms with Crippen LogP contribution in [0.4, 0.5) is 5.69 Å². The number of carbonyl (C=O) groups is 2. The number of nitrogens with one attached hydrogen (secondary N) is 1. The Labute approximate surface area is 164 Å². The number of carbonyl (C=O) groups excluding carboxylic acids is 2. The molecule has 1 N–H and O–H groups in total. The maximum absolute atomic E-state index is 12.3. The van der Waals surface area contributed by atoms with Crippen LogP contribution in [0.5, 0.6) is 5.75 Å². The van der Waals surface area contributed by atoms with Crippen molar-refractivity contribution in [2.45, 2.75) is 13.8 Å². The van der Waals surface area contributed by atoms with Crippen LogP contribution in [0.2, 0.25) is 5.02 Å². The number of amides is 2. The van der Waals surface area contributed by atoms with Crippen LogP contribution in [0.15, 0.2) is 42.5 Å². The summed E-state index contributed by atoms with van der Waals surface area (Å²) in [6, 6.07) is 10.9. The topological polar surface area (TPSA) is 58.6 Å². The van der Waals surface area contributed by atoms with E-state index in [0.29, 0.717) is 16.3 Å². The van der Waals surface area contributed by atoms with Gasteiger partial charge in [-0.1, -0.05) is 29.8 Å². The normalized spacial score (nSPS) is 10.7. The molecule has 142 valence electrons. The number of hydrogen-bond donors (Lipinski definition) is 1. The molecule has 0 bridgehead atoms. The van der Waals surface area contributed by atoms with Gasteiger partial charge in [-0.25, -0.2) is 0 Å². The van der Waals surface area contributed by atoms with Gasteiger partial charge in [0.05, 0.1) is 13.7 Å². The van der Waals surface area contributed by atoms with Crippen LogP contribution in [-0.2, 0) is 9.59 Å². The lowest BCUT2D eigenvalue weighted by atomic mass is 10.1. The highest BCUT2D eigenvalue weighted by Gasteiger charge is 2.13. The first-order chi connectivity index (χ1) is 12.8. The number of nitrogens with zero attached hydrogens (tertiary/aromatic N) is 1. The summed E-state index contributed by atoms with van der Waals surface area (Å²) < 4.78 is 5.25.